The first kappa shape index (κ1) is 21.1. The van der Waals surface area contributed by atoms with Gasteiger partial charge in [-0.3, -0.25) is 4.72 Å². The van der Waals surface area contributed by atoms with E-state index in [0.717, 1.165) is 5.56 Å². The van der Waals surface area contributed by atoms with Crippen molar-refractivity contribution < 1.29 is 17.9 Å². The average Bonchev–Trinajstić information content (AvgIpc) is 3.14. The highest BCUT2D eigenvalue weighted by Crippen LogP contribution is 2.32. The summed E-state index contributed by atoms with van der Waals surface area (Å²) in [5, 5.41) is 2.11. The van der Waals surface area contributed by atoms with Crippen molar-refractivity contribution in [2.75, 3.05) is 18.9 Å². The van der Waals surface area contributed by atoms with Crippen LogP contribution in [0.3, 0.4) is 0 Å². The molecule has 0 bridgehead atoms. The highest BCUT2D eigenvalue weighted by molar-refractivity contribution is 7.93. The first-order chi connectivity index (χ1) is 13.6. The van der Waals surface area contributed by atoms with Crippen LogP contribution in [0, 0.1) is 0 Å². The molecule has 6 nitrogen and oxygen atoms in total. The molecule has 0 fully saturated rings. The first-order valence-corrected chi connectivity index (χ1v) is 11.3. The van der Waals surface area contributed by atoms with Crippen molar-refractivity contribution >= 4 is 26.5 Å². The Kier molecular flexibility index (Phi) is 5.86. The molecule has 3 rings (SSSR count). The predicted octanol–water partition coefficient (Wildman–Crippen LogP) is 4.93. The van der Waals surface area contributed by atoms with Crippen molar-refractivity contribution in [3.05, 3.63) is 53.4 Å². The minimum Gasteiger partial charge on any atom is -0.497 e. The number of hydrogen-bond donors (Lipinski definition) is 1. The molecule has 0 saturated carbocycles. The summed E-state index contributed by atoms with van der Waals surface area (Å²) in [6.45, 7) is 6.47. The summed E-state index contributed by atoms with van der Waals surface area (Å²) in [6.07, 6.45) is 0. The van der Waals surface area contributed by atoms with Gasteiger partial charge in [0.05, 0.1) is 19.9 Å². The Labute approximate surface area is 175 Å². The van der Waals surface area contributed by atoms with Crippen molar-refractivity contribution in [2.24, 2.45) is 0 Å². The minimum absolute atomic E-state index is 0.00868. The smallest absolute Gasteiger partial charge is 0.267 e. The second kappa shape index (κ2) is 8.04. The maximum Gasteiger partial charge on any atom is 0.267 e. The molecular formula is C21H24N2O4S2. The van der Waals surface area contributed by atoms with Gasteiger partial charge in [-0.05, 0) is 23.1 Å². The summed E-state index contributed by atoms with van der Waals surface area (Å²) in [7, 11) is -0.995. The van der Waals surface area contributed by atoms with Gasteiger partial charge < -0.3 is 9.47 Å². The van der Waals surface area contributed by atoms with Crippen LogP contribution in [0.25, 0.3) is 11.3 Å². The molecule has 0 spiro atoms. The summed E-state index contributed by atoms with van der Waals surface area (Å²) in [5.74, 6) is 0.651. The predicted molar refractivity (Wildman–Crippen MR) is 117 cm³/mol. The second-order valence-corrected chi connectivity index (χ2v) is 10.00. The molecule has 0 saturated heterocycles. The fraction of sp³-hybridized carbons (Fsp3) is 0.286. The minimum atomic E-state index is -3.89. The van der Waals surface area contributed by atoms with Crippen molar-refractivity contribution in [1.29, 1.82) is 0 Å². The highest BCUT2D eigenvalue weighted by Gasteiger charge is 2.22. The Balaban J connectivity index is 1.86. The van der Waals surface area contributed by atoms with Crippen LogP contribution in [0.15, 0.2) is 52.7 Å². The zero-order chi connectivity index (χ0) is 21.2. The van der Waals surface area contributed by atoms with E-state index in [2.05, 4.69) is 42.6 Å². The van der Waals surface area contributed by atoms with Gasteiger partial charge in [-0.15, -0.1) is 11.3 Å². The van der Waals surface area contributed by atoms with Gasteiger partial charge in [-0.2, -0.15) is 0 Å². The number of rotatable bonds is 6. The van der Waals surface area contributed by atoms with Crippen LogP contribution in [-0.2, 0) is 15.4 Å². The van der Waals surface area contributed by atoms with Crippen LogP contribution in [0.1, 0.15) is 26.3 Å². The third kappa shape index (κ3) is 4.71. The van der Waals surface area contributed by atoms with E-state index in [1.54, 1.807) is 12.1 Å². The van der Waals surface area contributed by atoms with Crippen molar-refractivity contribution in [2.45, 2.75) is 31.1 Å². The van der Waals surface area contributed by atoms with Gasteiger partial charge in [0.25, 0.3) is 10.0 Å². The Morgan fingerprint density at radius 1 is 1.00 bits per heavy atom. The Bertz CT molecular complexity index is 1100. The molecule has 2 aromatic carbocycles. The van der Waals surface area contributed by atoms with Gasteiger partial charge >= 0.3 is 0 Å². The van der Waals surface area contributed by atoms with E-state index in [1.165, 1.54) is 37.2 Å². The Morgan fingerprint density at radius 3 is 2.28 bits per heavy atom. The summed E-state index contributed by atoms with van der Waals surface area (Å²) in [4.78, 5) is 4.43. The zero-order valence-corrected chi connectivity index (χ0v) is 18.6. The molecule has 3 aromatic rings. The summed E-state index contributed by atoms with van der Waals surface area (Å²) in [5.41, 5.74) is 2.93. The monoisotopic (exact) mass is 432 g/mol. The fourth-order valence-corrected chi connectivity index (χ4v) is 4.92. The van der Waals surface area contributed by atoms with E-state index >= 15 is 0 Å². The molecule has 1 heterocycles. The summed E-state index contributed by atoms with van der Waals surface area (Å²) < 4.78 is 38.6. The lowest BCUT2D eigenvalue weighted by atomic mass is 9.86. The lowest BCUT2D eigenvalue weighted by Gasteiger charge is -2.18. The van der Waals surface area contributed by atoms with Crippen molar-refractivity contribution in [3.8, 4) is 22.8 Å². The molecule has 0 aliphatic carbocycles. The SMILES string of the molecule is COc1ccc(OC)c(S(=O)(=O)Nc2nc(-c3ccc(C(C)(C)C)cc3)cs2)c1. The maximum absolute atomic E-state index is 12.9. The molecule has 0 unspecified atom stereocenters. The fourth-order valence-electron chi connectivity index (χ4n) is 2.76. The molecule has 0 amide bonds. The topological polar surface area (TPSA) is 77.5 Å². The molecule has 0 atom stereocenters. The van der Waals surface area contributed by atoms with Gasteiger partial charge in [0, 0.05) is 17.0 Å². The Hall–Kier alpha value is -2.58. The number of nitrogens with one attached hydrogen (secondary N) is 1. The molecule has 0 aliphatic heterocycles. The molecule has 154 valence electrons. The third-order valence-corrected chi connectivity index (χ3v) is 6.68. The lowest BCUT2D eigenvalue weighted by molar-refractivity contribution is 0.392. The number of benzene rings is 2. The van der Waals surface area contributed by atoms with E-state index in [0.29, 0.717) is 11.4 Å². The van der Waals surface area contributed by atoms with E-state index < -0.39 is 10.0 Å². The maximum atomic E-state index is 12.9. The van der Waals surface area contributed by atoms with Gasteiger partial charge in [0.1, 0.15) is 16.4 Å². The van der Waals surface area contributed by atoms with Gasteiger partial charge in [-0.1, -0.05) is 45.0 Å². The number of ether oxygens (including phenoxy) is 2. The summed E-state index contributed by atoms with van der Waals surface area (Å²) in [6, 6.07) is 12.7. The van der Waals surface area contributed by atoms with Crippen molar-refractivity contribution in [1.82, 2.24) is 4.98 Å². The number of nitrogens with zero attached hydrogens (tertiary/aromatic N) is 1. The largest absolute Gasteiger partial charge is 0.497 e. The van der Waals surface area contributed by atoms with Crippen LogP contribution in [0.5, 0.6) is 11.5 Å². The molecule has 8 heteroatoms. The molecule has 1 aromatic heterocycles. The molecular weight excluding hydrogens is 408 g/mol. The highest BCUT2D eigenvalue weighted by atomic mass is 32.2. The Morgan fingerprint density at radius 2 is 1.69 bits per heavy atom. The van der Waals surface area contributed by atoms with E-state index in [4.69, 9.17) is 9.47 Å². The number of aromatic nitrogens is 1. The van der Waals surface area contributed by atoms with E-state index in [-0.39, 0.29) is 21.2 Å². The first-order valence-electron chi connectivity index (χ1n) is 8.95. The van der Waals surface area contributed by atoms with E-state index in [1.807, 2.05) is 17.5 Å². The number of sulfonamides is 1. The quantitative estimate of drug-likeness (QED) is 0.598. The lowest BCUT2D eigenvalue weighted by Crippen LogP contribution is -2.14. The standard InChI is InChI=1S/C21H24N2O4S2/c1-21(2,3)15-8-6-14(7-9-15)17-13-28-20(22-17)23-29(24,25)19-12-16(26-4)10-11-18(19)27-5/h6-13H,1-5H3,(H,22,23). The summed E-state index contributed by atoms with van der Waals surface area (Å²) >= 11 is 1.23. The number of anilines is 1. The third-order valence-electron chi connectivity index (χ3n) is 4.43. The van der Waals surface area contributed by atoms with Gasteiger partial charge in [0.15, 0.2) is 5.13 Å². The molecule has 0 radical (unpaired) electrons. The van der Waals surface area contributed by atoms with Gasteiger partial charge in [-0.25, -0.2) is 13.4 Å². The molecule has 0 aliphatic rings. The normalized spacial score (nSPS) is 11.9. The zero-order valence-electron chi connectivity index (χ0n) is 17.0. The van der Waals surface area contributed by atoms with Crippen LogP contribution >= 0.6 is 11.3 Å². The van der Waals surface area contributed by atoms with Crippen LogP contribution in [0.2, 0.25) is 0 Å². The molecule has 29 heavy (non-hydrogen) atoms. The van der Waals surface area contributed by atoms with Gasteiger partial charge in [0.2, 0.25) is 0 Å². The van der Waals surface area contributed by atoms with Crippen molar-refractivity contribution in [3.63, 3.8) is 0 Å². The number of hydrogen-bond acceptors (Lipinski definition) is 6. The second-order valence-electron chi connectivity index (χ2n) is 7.49. The molecule has 1 N–H and O–H groups in total. The average molecular weight is 433 g/mol. The van der Waals surface area contributed by atoms with Crippen LogP contribution in [-0.4, -0.2) is 27.6 Å². The van der Waals surface area contributed by atoms with Crippen LogP contribution in [0.4, 0.5) is 5.13 Å². The number of methoxy groups -OCH3 is 2. The number of thiazole rings is 1. The van der Waals surface area contributed by atoms with E-state index in [9.17, 15) is 8.42 Å². The van der Waals surface area contributed by atoms with Crippen LogP contribution < -0.4 is 14.2 Å².